The molecule has 80 heavy (non-hydrogen) atoms. The second kappa shape index (κ2) is 17.6. The van der Waals surface area contributed by atoms with E-state index in [2.05, 4.69) is 252 Å². The molecule has 0 bridgehead atoms. The Kier molecular flexibility index (Phi) is 11.1. The topological polar surface area (TPSA) is 22.4 Å². The van der Waals surface area contributed by atoms with Crippen molar-refractivity contribution < 1.29 is 9.15 Å². The van der Waals surface area contributed by atoms with E-state index in [0.29, 0.717) is 0 Å². The zero-order valence-electron chi connectivity index (χ0n) is 48.6. The monoisotopic (exact) mass is 1060 g/mol. The molecule has 3 heteroatoms. The molecule has 17 rings (SSSR count). The van der Waals surface area contributed by atoms with Gasteiger partial charge in [0.1, 0.15) is 23.0 Å². The maximum atomic E-state index is 6.61. The highest BCUT2D eigenvalue weighted by Gasteiger charge is 2.52. The number of hydrogen-bond donors (Lipinski definition) is 0. The third-order valence-corrected chi connectivity index (χ3v) is 20.4. The molecule has 0 N–H and O–H groups in total. The third kappa shape index (κ3) is 7.02. The highest BCUT2D eigenvalue weighted by molar-refractivity contribution is 7.25. The number of allylic oxidation sites excluding steroid dienone is 2. The summed E-state index contributed by atoms with van der Waals surface area (Å²) < 4.78 is 15.9. The molecule has 1 aliphatic heterocycles. The highest BCUT2D eigenvalue weighted by atomic mass is 32.1. The van der Waals surface area contributed by atoms with E-state index in [1.807, 2.05) is 25.2 Å². The molecule has 0 saturated heterocycles. The minimum atomic E-state index is -0.0650. The van der Waals surface area contributed by atoms with E-state index in [4.69, 9.17) is 9.15 Å². The van der Waals surface area contributed by atoms with Gasteiger partial charge in [-0.05, 0) is 147 Å². The van der Waals surface area contributed by atoms with Gasteiger partial charge in [-0.1, -0.05) is 214 Å². The van der Waals surface area contributed by atoms with Gasteiger partial charge < -0.3 is 9.15 Å². The van der Waals surface area contributed by atoms with Crippen molar-refractivity contribution in [3.8, 4) is 39.1 Å². The Morgan fingerprint density at radius 3 is 1.73 bits per heavy atom. The Morgan fingerprint density at radius 2 is 1.00 bits per heavy atom. The summed E-state index contributed by atoms with van der Waals surface area (Å²) in [7, 11) is 0. The predicted molar refractivity (Wildman–Crippen MR) is 340 cm³/mol. The summed E-state index contributed by atoms with van der Waals surface area (Å²) in [5.74, 6) is 1.30. The standard InChI is InChI=1S/C31H28O.C31H26O.C13H10S.C2H6/c2*1-17-10-11-18-21-15-26-22(16-25(21)31(4,5)24(18)14-17)28-23(30(26,2)3)13-12-20-19-8-6-7-9-27(19)32-29(20)28;1-9-5-4-8-12-13(9)10-6-2-3-7-11(10)14-12;1-2/h6-16,28-29H,1-5H3;6-16H,1-5H3;2-8H,1H3;1-2H3. The zero-order valence-corrected chi connectivity index (χ0v) is 49.4. The van der Waals surface area contributed by atoms with Gasteiger partial charge in [0.2, 0.25) is 0 Å². The Bertz CT molecular complexity index is 4520. The molecule has 0 amide bonds. The van der Waals surface area contributed by atoms with E-state index in [-0.39, 0.29) is 33.7 Å². The van der Waals surface area contributed by atoms with Crippen LogP contribution in [0.4, 0.5) is 0 Å². The Balaban J connectivity index is 0.000000114. The molecule has 0 fully saturated rings. The van der Waals surface area contributed by atoms with Crippen LogP contribution in [-0.4, -0.2) is 6.10 Å². The molecule has 5 aliphatic carbocycles. The molecular formula is C77H70O2S. The van der Waals surface area contributed by atoms with E-state index >= 15 is 0 Å². The van der Waals surface area contributed by atoms with Gasteiger partial charge in [-0.3, -0.25) is 0 Å². The SMILES string of the molecule is CC.Cc1ccc2c(c1)C(C)(C)c1cc3c(cc1-2)C(C)(C)C1=CC=C2c4ccccc4OC2C13.Cc1ccc2c(c1)C(C)(C)c1cc3c(cc1-2)C(C)(C)c1ccc2c(oc4ccccc42)c1-3.Cc1cccc2sc3ccccc3c12. The van der Waals surface area contributed by atoms with Crippen LogP contribution in [0.3, 0.4) is 0 Å². The third-order valence-electron chi connectivity index (χ3n) is 19.3. The van der Waals surface area contributed by atoms with E-state index in [0.717, 1.165) is 16.9 Å². The van der Waals surface area contributed by atoms with E-state index in [1.165, 1.54) is 142 Å². The van der Waals surface area contributed by atoms with Gasteiger partial charge in [0.05, 0.1) is 0 Å². The number of furan rings is 1. The van der Waals surface area contributed by atoms with Gasteiger partial charge in [0.15, 0.2) is 0 Å². The van der Waals surface area contributed by atoms with Crippen molar-refractivity contribution >= 4 is 59.0 Å². The lowest BCUT2D eigenvalue weighted by Gasteiger charge is -2.30. The first-order valence-corrected chi connectivity index (χ1v) is 29.9. The first kappa shape index (κ1) is 50.5. The van der Waals surface area contributed by atoms with Gasteiger partial charge in [-0.15, -0.1) is 11.3 Å². The van der Waals surface area contributed by atoms with Crippen LogP contribution in [0.15, 0.2) is 186 Å². The van der Waals surface area contributed by atoms with Crippen molar-refractivity contribution in [3.05, 3.63) is 248 Å². The molecular weight excluding hydrogens is 989 g/mol. The average Bonchev–Trinajstić information content (AvgIpc) is 4.43. The van der Waals surface area contributed by atoms with E-state index in [1.54, 1.807) is 0 Å². The van der Waals surface area contributed by atoms with Crippen molar-refractivity contribution in [2.45, 2.75) is 124 Å². The molecule has 396 valence electrons. The molecule has 6 aliphatic rings. The van der Waals surface area contributed by atoms with Gasteiger partial charge in [0, 0.05) is 75.2 Å². The second-order valence-corrected chi connectivity index (χ2v) is 26.4. The lowest BCUT2D eigenvalue weighted by atomic mass is 9.75. The Morgan fingerprint density at radius 1 is 0.425 bits per heavy atom. The van der Waals surface area contributed by atoms with Gasteiger partial charge in [0.25, 0.3) is 0 Å². The highest BCUT2D eigenvalue weighted by Crippen LogP contribution is 2.62. The van der Waals surface area contributed by atoms with Crippen LogP contribution < -0.4 is 4.74 Å². The number of fused-ring (bicyclic) bond motifs is 23. The van der Waals surface area contributed by atoms with Crippen molar-refractivity contribution in [1.82, 2.24) is 0 Å². The van der Waals surface area contributed by atoms with E-state index in [9.17, 15) is 0 Å². The molecule has 2 unspecified atom stereocenters. The number of para-hydroxylation sites is 2. The molecule has 0 spiro atoms. The van der Waals surface area contributed by atoms with Gasteiger partial charge >= 0.3 is 0 Å². The normalized spacial score (nSPS) is 18.5. The molecule has 2 atom stereocenters. The Labute approximate surface area is 476 Å². The van der Waals surface area contributed by atoms with Crippen LogP contribution in [0.1, 0.15) is 142 Å². The second-order valence-electron chi connectivity index (χ2n) is 25.3. The zero-order chi connectivity index (χ0) is 55.5. The predicted octanol–water partition coefficient (Wildman–Crippen LogP) is 21.4. The van der Waals surface area contributed by atoms with Crippen LogP contribution in [-0.2, 0) is 21.7 Å². The summed E-state index contributed by atoms with van der Waals surface area (Å²) in [6.07, 6.45) is 4.77. The minimum Gasteiger partial charge on any atom is -0.484 e. The first-order chi connectivity index (χ1) is 38.4. The fourth-order valence-corrected chi connectivity index (χ4v) is 16.3. The van der Waals surface area contributed by atoms with Crippen LogP contribution >= 0.6 is 11.3 Å². The number of ether oxygens (including phenoxy) is 1. The average molecular weight is 1060 g/mol. The van der Waals surface area contributed by atoms with Crippen molar-refractivity contribution in [2.24, 2.45) is 0 Å². The van der Waals surface area contributed by atoms with Crippen LogP contribution in [0.5, 0.6) is 5.75 Å². The molecule has 2 aromatic heterocycles. The fraction of sp³-hybridized carbons (Fsp3) is 0.247. The van der Waals surface area contributed by atoms with E-state index < -0.39 is 0 Å². The number of aryl methyl sites for hydroxylation is 3. The minimum absolute atomic E-state index is 0.00716. The summed E-state index contributed by atoms with van der Waals surface area (Å²) >= 11 is 1.88. The maximum absolute atomic E-state index is 6.61. The number of benzene rings is 9. The summed E-state index contributed by atoms with van der Waals surface area (Å²) in [5, 5.41) is 5.22. The first-order valence-electron chi connectivity index (χ1n) is 29.0. The Hall–Kier alpha value is -7.72. The molecule has 11 aromatic rings. The van der Waals surface area contributed by atoms with Gasteiger partial charge in [-0.25, -0.2) is 0 Å². The summed E-state index contributed by atoms with van der Waals surface area (Å²) in [6, 6.07) is 60.5. The summed E-state index contributed by atoms with van der Waals surface area (Å²) in [4.78, 5) is 0. The van der Waals surface area contributed by atoms with Crippen molar-refractivity contribution in [2.75, 3.05) is 0 Å². The smallest absolute Gasteiger partial charge is 0.143 e. The molecule has 3 heterocycles. The number of rotatable bonds is 0. The molecule has 9 aromatic carbocycles. The molecule has 2 nitrogen and oxygen atoms in total. The number of thiophene rings is 1. The molecule has 0 radical (unpaired) electrons. The quantitative estimate of drug-likeness (QED) is 0.151. The summed E-state index contributed by atoms with van der Waals surface area (Å²) in [5.41, 5.74) is 29.7. The van der Waals surface area contributed by atoms with Crippen molar-refractivity contribution in [1.29, 1.82) is 0 Å². The lowest BCUT2D eigenvalue weighted by molar-refractivity contribution is 0.252. The van der Waals surface area contributed by atoms with Gasteiger partial charge in [-0.2, -0.15) is 0 Å². The van der Waals surface area contributed by atoms with Crippen LogP contribution in [0.25, 0.3) is 81.1 Å². The maximum Gasteiger partial charge on any atom is 0.143 e. The fourth-order valence-electron chi connectivity index (χ4n) is 15.1. The largest absolute Gasteiger partial charge is 0.484 e. The van der Waals surface area contributed by atoms with Crippen molar-refractivity contribution in [3.63, 3.8) is 0 Å². The number of hydrogen-bond acceptors (Lipinski definition) is 3. The van der Waals surface area contributed by atoms with Crippen LogP contribution in [0.2, 0.25) is 0 Å². The lowest BCUT2D eigenvalue weighted by Crippen LogP contribution is -2.27. The van der Waals surface area contributed by atoms with Crippen LogP contribution in [0, 0.1) is 20.8 Å². The summed E-state index contributed by atoms with van der Waals surface area (Å²) in [6.45, 7) is 29.6. The molecule has 0 saturated carbocycles.